The molecule has 0 saturated carbocycles. The Morgan fingerprint density at radius 1 is 1.60 bits per heavy atom. The molecule has 1 heterocycles. The molecule has 5 heteroatoms. The second kappa shape index (κ2) is 7.28. The zero-order valence-corrected chi connectivity index (χ0v) is 7.98. The van der Waals surface area contributed by atoms with Crippen molar-refractivity contribution in [2.24, 2.45) is 0 Å². The van der Waals surface area contributed by atoms with Crippen LogP contribution in [-0.2, 0) is 6.54 Å². The fourth-order valence-electron chi connectivity index (χ4n) is 0.491. The molecule has 0 amide bonds. The minimum absolute atomic E-state index is 0. The highest BCUT2D eigenvalue weighted by Gasteiger charge is 1.88. The summed E-state index contributed by atoms with van der Waals surface area (Å²) in [5.41, 5.74) is 0. The molecule has 1 N–H and O–H groups in total. The van der Waals surface area contributed by atoms with Crippen molar-refractivity contribution in [2.45, 2.75) is 6.54 Å². The third-order valence-corrected chi connectivity index (χ3v) is 1.59. The van der Waals surface area contributed by atoms with Crippen LogP contribution in [0, 0.1) is 0 Å². The van der Waals surface area contributed by atoms with E-state index in [0.29, 0.717) is 0 Å². The lowest BCUT2D eigenvalue weighted by molar-refractivity contribution is 0.810. The molecular formula is C5H10Cl2N2S. The van der Waals surface area contributed by atoms with E-state index in [4.69, 9.17) is 0 Å². The summed E-state index contributed by atoms with van der Waals surface area (Å²) in [7, 11) is 1.92. The van der Waals surface area contributed by atoms with Crippen LogP contribution in [0.3, 0.4) is 0 Å². The highest BCUT2D eigenvalue weighted by molar-refractivity contribution is 7.09. The average Bonchev–Trinajstić information content (AvgIpc) is 2.19. The Kier molecular flexibility index (Phi) is 9.33. The van der Waals surface area contributed by atoms with Crippen molar-refractivity contribution < 1.29 is 0 Å². The van der Waals surface area contributed by atoms with Gasteiger partial charge in [-0.15, -0.1) is 36.2 Å². The topological polar surface area (TPSA) is 24.9 Å². The summed E-state index contributed by atoms with van der Waals surface area (Å²) in [5, 5.41) is 6.14. The van der Waals surface area contributed by atoms with Gasteiger partial charge in [-0.2, -0.15) is 0 Å². The van der Waals surface area contributed by atoms with Gasteiger partial charge in [0.15, 0.2) is 0 Å². The monoisotopic (exact) mass is 200 g/mol. The van der Waals surface area contributed by atoms with E-state index in [1.165, 1.54) is 0 Å². The van der Waals surface area contributed by atoms with E-state index in [1.807, 2.05) is 18.6 Å². The molecule has 2 nitrogen and oxygen atoms in total. The lowest BCUT2D eigenvalue weighted by Gasteiger charge is -1.87. The van der Waals surface area contributed by atoms with Crippen molar-refractivity contribution in [1.82, 2.24) is 10.3 Å². The lowest BCUT2D eigenvalue weighted by Crippen LogP contribution is -2.03. The standard InChI is InChI=1S/C5H8N2S.2ClH/c1-6-4-5-7-2-3-8-5;;/h2-3,6H,4H2,1H3;2*1H. The lowest BCUT2D eigenvalue weighted by atomic mass is 10.7. The van der Waals surface area contributed by atoms with E-state index in [9.17, 15) is 0 Å². The van der Waals surface area contributed by atoms with Crippen LogP contribution < -0.4 is 5.32 Å². The molecule has 0 bridgehead atoms. The maximum absolute atomic E-state index is 4.06. The molecule has 0 aromatic carbocycles. The Bertz CT molecular complexity index is 143. The smallest absolute Gasteiger partial charge is 0.106 e. The number of aromatic nitrogens is 1. The molecule has 10 heavy (non-hydrogen) atoms. The molecule has 1 aromatic heterocycles. The van der Waals surface area contributed by atoms with Crippen LogP contribution in [0.5, 0.6) is 0 Å². The van der Waals surface area contributed by atoms with Crippen molar-refractivity contribution in [3.63, 3.8) is 0 Å². The van der Waals surface area contributed by atoms with Crippen molar-refractivity contribution >= 4 is 36.2 Å². The Labute approximate surface area is 76.9 Å². The average molecular weight is 201 g/mol. The zero-order valence-electron chi connectivity index (χ0n) is 5.53. The molecule has 1 aromatic rings. The molecule has 0 saturated heterocycles. The Morgan fingerprint density at radius 2 is 2.30 bits per heavy atom. The summed E-state index contributed by atoms with van der Waals surface area (Å²) in [6.45, 7) is 0.887. The minimum atomic E-state index is 0. The number of rotatable bonds is 2. The number of halogens is 2. The molecule has 60 valence electrons. The van der Waals surface area contributed by atoms with Crippen LogP contribution in [-0.4, -0.2) is 12.0 Å². The number of nitrogens with zero attached hydrogens (tertiary/aromatic N) is 1. The van der Waals surface area contributed by atoms with E-state index in [0.717, 1.165) is 11.6 Å². The summed E-state index contributed by atoms with van der Waals surface area (Å²) < 4.78 is 0. The van der Waals surface area contributed by atoms with Gasteiger partial charge in [-0.25, -0.2) is 4.98 Å². The van der Waals surface area contributed by atoms with E-state index in [1.54, 1.807) is 11.3 Å². The SMILES string of the molecule is CNCc1nccs1.Cl.Cl. The maximum Gasteiger partial charge on any atom is 0.106 e. The van der Waals surface area contributed by atoms with Gasteiger partial charge in [-0.05, 0) is 7.05 Å². The first-order valence-electron chi connectivity index (χ1n) is 2.46. The molecule has 0 aliphatic rings. The van der Waals surface area contributed by atoms with E-state index in [-0.39, 0.29) is 24.8 Å². The number of hydrogen-bond donors (Lipinski definition) is 1. The van der Waals surface area contributed by atoms with Gasteiger partial charge in [0.05, 0.1) is 0 Å². The molecule has 0 aliphatic heterocycles. The highest BCUT2D eigenvalue weighted by atomic mass is 35.5. The minimum Gasteiger partial charge on any atom is -0.314 e. The fraction of sp³-hybridized carbons (Fsp3) is 0.400. The van der Waals surface area contributed by atoms with Crippen molar-refractivity contribution in [2.75, 3.05) is 7.05 Å². The predicted octanol–water partition coefficient (Wildman–Crippen LogP) is 1.71. The van der Waals surface area contributed by atoms with Crippen LogP contribution in [0.15, 0.2) is 11.6 Å². The third kappa shape index (κ3) is 4.06. The van der Waals surface area contributed by atoms with Crippen LogP contribution in [0.1, 0.15) is 5.01 Å². The number of hydrogen-bond acceptors (Lipinski definition) is 3. The molecule has 0 aliphatic carbocycles. The molecule has 0 fully saturated rings. The summed E-state index contributed by atoms with van der Waals surface area (Å²) in [6.07, 6.45) is 1.82. The molecule has 0 radical (unpaired) electrons. The molecule has 1 rings (SSSR count). The number of thiazole rings is 1. The molecule has 0 atom stereocenters. The summed E-state index contributed by atoms with van der Waals surface area (Å²) in [6, 6.07) is 0. The molecular weight excluding hydrogens is 191 g/mol. The second-order valence-electron chi connectivity index (χ2n) is 1.46. The predicted molar refractivity (Wildman–Crippen MR) is 49.4 cm³/mol. The summed E-state index contributed by atoms with van der Waals surface area (Å²) in [4.78, 5) is 4.06. The first kappa shape index (κ1) is 12.8. The van der Waals surface area contributed by atoms with Crippen LogP contribution in [0.2, 0.25) is 0 Å². The Morgan fingerprint density at radius 3 is 2.70 bits per heavy atom. The van der Waals surface area contributed by atoms with Crippen LogP contribution in [0.4, 0.5) is 0 Å². The third-order valence-electron chi connectivity index (χ3n) is 0.811. The van der Waals surface area contributed by atoms with Gasteiger partial charge in [0.1, 0.15) is 5.01 Å². The normalized spacial score (nSPS) is 7.70. The molecule has 0 spiro atoms. The van der Waals surface area contributed by atoms with E-state index in [2.05, 4.69) is 10.3 Å². The van der Waals surface area contributed by atoms with E-state index < -0.39 is 0 Å². The first-order valence-corrected chi connectivity index (χ1v) is 3.34. The quantitative estimate of drug-likeness (QED) is 0.787. The molecule has 0 unspecified atom stereocenters. The highest BCUT2D eigenvalue weighted by Crippen LogP contribution is 2.01. The van der Waals surface area contributed by atoms with Gasteiger partial charge in [-0.1, -0.05) is 0 Å². The second-order valence-corrected chi connectivity index (χ2v) is 2.44. The van der Waals surface area contributed by atoms with Crippen molar-refractivity contribution in [3.05, 3.63) is 16.6 Å². The first-order chi connectivity index (χ1) is 3.93. The van der Waals surface area contributed by atoms with Crippen LogP contribution >= 0.6 is 36.2 Å². The van der Waals surface area contributed by atoms with Gasteiger partial charge < -0.3 is 5.32 Å². The number of nitrogens with one attached hydrogen (secondary N) is 1. The summed E-state index contributed by atoms with van der Waals surface area (Å²) in [5.74, 6) is 0. The summed E-state index contributed by atoms with van der Waals surface area (Å²) >= 11 is 1.67. The van der Waals surface area contributed by atoms with Crippen LogP contribution in [0.25, 0.3) is 0 Å². The maximum atomic E-state index is 4.06. The van der Waals surface area contributed by atoms with Crippen molar-refractivity contribution in [3.8, 4) is 0 Å². The zero-order chi connectivity index (χ0) is 5.82. The van der Waals surface area contributed by atoms with Gasteiger partial charge in [0, 0.05) is 18.1 Å². The largest absolute Gasteiger partial charge is 0.314 e. The fourth-order valence-corrected chi connectivity index (χ4v) is 1.12. The van der Waals surface area contributed by atoms with Gasteiger partial charge in [0.2, 0.25) is 0 Å². The van der Waals surface area contributed by atoms with E-state index >= 15 is 0 Å². The van der Waals surface area contributed by atoms with Crippen molar-refractivity contribution in [1.29, 1.82) is 0 Å². The Balaban J connectivity index is 0. The van der Waals surface area contributed by atoms with Gasteiger partial charge in [-0.3, -0.25) is 0 Å². The van der Waals surface area contributed by atoms with Gasteiger partial charge in [0.25, 0.3) is 0 Å². The van der Waals surface area contributed by atoms with Gasteiger partial charge >= 0.3 is 0 Å². The Hall–Kier alpha value is 0.170.